The number of benzene rings is 2. The Balaban J connectivity index is 1.17. The van der Waals surface area contributed by atoms with Gasteiger partial charge in [-0.3, -0.25) is 19.1 Å². The lowest BCUT2D eigenvalue weighted by molar-refractivity contribution is -0.141. The first kappa shape index (κ1) is 34.6. The molecular weight excluding hydrogens is 682 g/mol. The molecule has 1 saturated heterocycles. The molecule has 3 aromatic rings. The van der Waals surface area contributed by atoms with Gasteiger partial charge in [0.15, 0.2) is 0 Å². The molecule has 3 fully saturated rings. The highest BCUT2D eigenvalue weighted by atomic mass is 32.2. The topological polar surface area (TPSA) is 147 Å². The highest BCUT2D eigenvalue weighted by Gasteiger charge is 2.63. The first-order valence-corrected chi connectivity index (χ1v) is 19.6. The number of carbonyl (C=O) groups is 3. The van der Waals surface area contributed by atoms with Gasteiger partial charge in [-0.15, -0.1) is 0 Å². The summed E-state index contributed by atoms with van der Waals surface area (Å²) in [6, 6.07) is 12.5. The minimum Gasteiger partial charge on any atom is -0.465 e. The summed E-state index contributed by atoms with van der Waals surface area (Å²) in [5.74, 6) is -2.33. The zero-order valence-corrected chi connectivity index (χ0v) is 29.5. The Morgan fingerprint density at radius 1 is 1.14 bits per heavy atom. The summed E-state index contributed by atoms with van der Waals surface area (Å²) in [4.78, 5) is 48.4. The number of ether oxygens (including phenoxy) is 1. The van der Waals surface area contributed by atoms with Crippen molar-refractivity contribution in [2.75, 3.05) is 6.54 Å². The molecule has 11 nitrogen and oxygen atoms in total. The van der Waals surface area contributed by atoms with Crippen molar-refractivity contribution in [3.63, 3.8) is 0 Å². The number of fused-ring (bicyclic) bond motifs is 3. The van der Waals surface area contributed by atoms with E-state index < -0.39 is 50.3 Å². The van der Waals surface area contributed by atoms with Crippen molar-refractivity contribution in [2.45, 2.75) is 99.7 Å². The summed E-state index contributed by atoms with van der Waals surface area (Å²) < 4.78 is 48.1. The zero-order chi connectivity index (χ0) is 35.1. The molecule has 2 aromatic carbocycles. The maximum Gasteiger partial charge on any atom is 0.274 e. The SMILES string of the molecule is CC1(S(=O)(=O)NC(=O)[C@@]23C[C@H]2C=CCCCCC[C@H](NCc2ccccc2)C(=O)N2C[C@H](Oc4nc5ccc(F)cc5s4)C[C@H]2C(=O)N3)CC1. The summed E-state index contributed by atoms with van der Waals surface area (Å²) in [7, 11) is -3.95. The zero-order valence-electron chi connectivity index (χ0n) is 27.9. The summed E-state index contributed by atoms with van der Waals surface area (Å²) in [6.45, 7) is 2.16. The lowest BCUT2D eigenvalue weighted by atomic mass is 10.0. The highest BCUT2D eigenvalue weighted by Crippen LogP contribution is 2.47. The van der Waals surface area contributed by atoms with E-state index in [0.29, 0.717) is 41.2 Å². The minimum atomic E-state index is -3.95. The third kappa shape index (κ3) is 7.15. The third-order valence-corrected chi connectivity index (χ3v) is 13.5. The average molecular weight is 724 g/mol. The van der Waals surface area contributed by atoms with Crippen LogP contribution in [0.25, 0.3) is 10.2 Å². The van der Waals surface area contributed by atoms with Crippen LogP contribution in [0, 0.1) is 11.7 Å². The van der Waals surface area contributed by atoms with Gasteiger partial charge in [-0.1, -0.05) is 66.7 Å². The number of rotatable bonds is 8. The van der Waals surface area contributed by atoms with E-state index >= 15 is 0 Å². The van der Waals surface area contributed by atoms with E-state index in [4.69, 9.17) is 4.74 Å². The first-order chi connectivity index (χ1) is 24.0. The molecule has 5 atom stereocenters. The van der Waals surface area contributed by atoms with Gasteiger partial charge in [0.1, 0.15) is 23.5 Å². The summed E-state index contributed by atoms with van der Waals surface area (Å²) in [5, 5.41) is 6.64. The predicted octanol–water partition coefficient (Wildman–Crippen LogP) is 4.34. The molecule has 0 spiro atoms. The molecule has 266 valence electrons. The van der Waals surface area contributed by atoms with Crippen LogP contribution in [0.2, 0.25) is 0 Å². The van der Waals surface area contributed by atoms with Gasteiger partial charge < -0.3 is 20.3 Å². The van der Waals surface area contributed by atoms with E-state index in [9.17, 15) is 27.2 Å². The quantitative estimate of drug-likeness (QED) is 0.291. The third-order valence-electron chi connectivity index (χ3n) is 10.5. The van der Waals surface area contributed by atoms with Crippen molar-refractivity contribution < 1.29 is 31.9 Å². The molecule has 3 N–H and O–H groups in total. The second-order valence-corrected chi connectivity index (χ2v) is 17.4. The van der Waals surface area contributed by atoms with Gasteiger partial charge >= 0.3 is 0 Å². The molecule has 7 rings (SSSR count). The van der Waals surface area contributed by atoms with Crippen molar-refractivity contribution in [2.24, 2.45) is 5.92 Å². The fourth-order valence-electron chi connectivity index (χ4n) is 6.91. The van der Waals surface area contributed by atoms with Gasteiger partial charge in [-0.25, -0.2) is 17.8 Å². The molecule has 3 amide bonds. The molecule has 0 bridgehead atoms. The van der Waals surface area contributed by atoms with E-state index in [1.807, 2.05) is 42.5 Å². The van der Waals surface area contributed by atoms with Gasteiger partial charge in [-0.2, -0.15) is 0 Å². The van der Waals surface area contributed by atoms with Crippen molar-refractivity contribution in [1.29, 1.82) is 0 Å². The Morgan fingerprint density at radius 3 is 2.72 bits per heavy atom. The molecule has 1 aromatic heterocycles. The fourth-order valence-corrected chi connectivity index (χ4v) is 9.13. The summed E-state index contributed by atoms with van der Waals surface area (Å²) >= 11 is 1.18. The Labute approximate surface area is 295 Å². The lowest BCUT2D eigenvalue weighted by Crippen LogP contribution is -2.58. The van der Waals surface area contributed by atoms with Gasteiger partial charge in [0.25, 0.3) is 11.1 Å². The molecule has 3 heterocycles. The number of aromatic nitrogens is 1. The summed E-state index contributed by atoms with van der Waals surface area (Å²) in [6.07, 6.45) is 8.48. The number of carbonyl (C=O) groups excluding carboxylic acids is 3. The Kier molecular flexibility index (Phi) is 9.46. The normalized spacial score (nSPS) is 28.2. The number of hydrogen-bond acceptors (Lipinski definition) is 9. The van der Waals surface area contributed by atoms with Crippen LogP contribution in [0.4, 0.5) is 4.39 Å². The molecule has 0 unspecified atom stereocenters. The molecular formula is C36H42FN5O6S2. The van der Waals surface area contributed by atoms with Crippen LogP contribution in [-0.4, -0.2) is 71.0 Å². The van der Waals surface area contributed by atoms with E-state index in [2.05, 4.69) is 20.3 Å². The number of halogens is 1. The van der Waals surface area contributed by atoms with Crippen LogP contribution in [0.3, 0.4) is 0 Å². The van der Waals surface area contributed by atoms with E-state index in [1.54, 1.807) is 13.0 Å². The maximum atomic E-state index is 14.4. The second-order valence-electron chi connectivity index (χ2n) is 14.2. The van der Waals surface area contributed by atoms with E-state index in [-0.39, 0.29) is 37.0 Å². The van der Waals surface area contributed by atoms with Crippen LogP contribution in [-0.2, 0) is 31.0 Å². The Hall–Kier alpha value is -3.88. The standard InChI is InChI=1S/C36H42FN5O6S2/c1-35(16-17-35)50(46,47)41-33(45)36-20-24(36)12-8-3-2-4-9-13-28(38-21-23-10-6-5-7-11-23)32(44)42-22-26(19-29(42)31(43)40-36)48-34-39-27-15-14-25(37)18-30(27)49-34/h5-8,10-12,14-15,18,24,26,28-29,38H,2-4,9,13,16-17,19-22H2,1H3,(H,40,43)(H,41,45)/t24-,26-,28+,29+,36-/m1/s1. The van der Waals surface area contributed by atoms with Gasteiger partial charge in [0.2, 0.25) is 21.8 Å². The number of nitrogens with zero attached hydrogens (tertiary/aromatic N) is 2. The van der Waals surface area contributed by atoms with Crippen molar-refractivity contribution in [3.05, 3.63) is 72.1 Å². The van der Waals surface area contributed by atoms with Crippen molar-refractivity contribution in [1.82, 2.24) is 25.2 Å². The van der Waals surface area contributed by atoms with Crippen molar-refractivity contribution >= 4 is 49.3 Å². The summed E-state index contributed by atoms with van der Waals surface area (Å²) in [5.41, 5.74) is 0.143. The first-order valence-electron chi connectivity index (χ1n) is 17.3. The number of nitrogens with one attached hydrogen (secondary N) is 3. The van der Waals surface area contributed by atoms with E-state index in [0.717, 1.165) is 31.2 Å². The smallest absolute Gasteiger partial charge is 0.274 e. The van der Waals surface area contributed by atoms with Gasteiger partial charge in [0.05, 0.1) is 27.6 Å². The average Bonchev–Trinajstić information content (AvgIpc) is 3.90. The van der Waals surface area contributed by atoms with Crippen LogP contribution in [0.5, 0.6) is 5.19 Å². The molecule has 14 heteroatoms. The number of thiazole rings is 1. The van der Waals surface area contributed by atoms with Crippen LogP contribution >= 0.6 is 11.3 Å². The second kappa shape index (κ2) is 13.7. The number of amides is 3. The van der Waals surface area contributed by atoms with Gasteiger partial charge in [-0.05, 0) is 69.2 Å². The fraction of sp³-hybridized carbons (Fsp3) is 0.500. The van der Waals surface area contributed by atoms with Gasteiger partial charge in [0, 0.05) is 18.9 Å². The maximum absolute atomic E-state index is 14.4. The number of sulfonamides is 1. The lowest BCUT2D eigenvalue weighted by Gasteiger charge is -2.30. The Bertz CT molecular complexity index is 1920. The molecule has 2 aliphatic carbocycles. The van der Waals surface area contributed by atoms with Crippen LogP contribution < -0.4 is 20.1 Å². The molecule has 2 saturated carbocycles. The van der Waals surface area contributed by atoms with Crippen LogP contribution in [0.1, 0.15) is 70.3 Å². The van der Waals surface area contributed by atoms with E-state index in [1.165, 1.54) is 28.4 Å². The minimum absolute atomic E-state index is 0.0972. The predicted molar refractivity (Wildman–Crippen MR) is 187 cm³/mol. The molecule has 50 heavy (non-hydrogen) atoms. The largest absolute Gasteiger partial charge is 0.465 e. The monoisotopic (exact) mass is 723 g/mol. The highest BCUT2D eigenvalue weighted by molar-refractivity contribution is 7.91. The molecule has 4 aliphatic rings. The Morgan fingerprint density at radius 2 is 1.94 bits per heavy atom. The molecule has 0 radical (unpaired) electrons. The molecule has 2 aliphatic heterocycles. The van der Waals surface area contributed by atoms with Crippen molar-refractivity contribution in [3.8, 4) is 5.19 Å². The number of hydrogen-bond donors (Lipinski definition) is 3. The van der Waals surface area contributed by atoms with Crippen LogP contribution in [0.15, 0.2) is 60.7 Å². The number of allylic oxidation sites excluding steroid dienone is 1.